The fourth-order valence-corrected chi connectivity index (χ4v) is 3.17. The quantitative estimate of drug-likeness (QED) is 0.512. The molecule has 23 heavy (non-hydrogen) atoms. The number of benzene rings is 1. The molecule has 3 aromatic rings. The minimum absolute atomic E-state index is 0.0660. The van der Waals surface area contributed by atoms with E-state index in [0.29, 0.717) is 10.5 Å². The van der Waals surface area contributed by atoms with Crippen LogP contribution in [0.25, 0.3) is 22.1 Å². The first-order chi connectivity index (χ1) is 11.1. The van der Waals surface area contributed by atoms with Crippen molar-refractivity contribution in [3.05, 3.63) is 46.6 Å². The summed E-state index contributed by atoms with van der Waals surface area (Å²) in [6.45, 7) is 0. The van der Waals surface area contributed by atoms with Crippen molar-refractivity contribution >= 4 is 34.1 Å². The van der Waals surface area contributed by atoms with Crippen molar-refractivity contribution in [2.75, 3.05) is 7.11 Å². The fourth-order valence-electron chi connectivity index (χ4n) is 2.29. The Morgan fingerprint density at radius 1 is 1.26 bits per heavy atom. The summed E-state index contributed by atoms with van der Waals surface area (Å²) >= 11 is 1.31. The van der Waals surface area contributed by atoms with Crippen LogP contribution in [0, 0.1) is 5.82 Å². The van der Waals surface area contributed by atoms with Crippen LogP contribution in [0.1, 0.15) is 22.5 Å². The van der Waals surface area contributed by atoms with Crippen LogP contribution in [-0.2, 0) is 9.53 Å². The van der Waals surface area contributed by atoms with Gasteiger partial charge in [-0.1, -0.05) is 0 Å². The third kappa shape index (κ3) is 3.17. The maximum atomic E-state index is 13.2. The summed E-state index contributed by atoms with van der Waals surface area (Å²) in [6, 6.07) is 6.11. The highest BCUT2D eigenvalue weighted by Gasteiger charge is 2.15. The summed E-state index contributed by atoms with van der Waals surface area (Å²) in [4.78, 5) is 23.8. The summed E-state index contributed by atoms with van der Waals surface area (Å²) in [5.41, 5.74) is 2.11. The number of rotatable bonds is 5. The Labute approximate surface area is 135 Å². The molecule has 0 saturated heterocycles. The van der Waals surface area contributed by atoms with Crippen LogP contribution >= 0.6 is 11.3 Å². The molecule has 0 radical (unpaired) electrons. The summed E-state index contributed by atoms with van der Waals surface area (Å²) in [5.74, 6) is -0.870. The van der Waals surface area contributed by atoms with Gasteiger partial charge in [-0.2, -0.15) is 0 Å². The Kier molecular flexibility index (Phi) is 4.25. The Balaban J connectivity index is 1.83. The van der Waals surface area contributed by atoms with Gasteiger partial charge in [0.05, 0.1) is 24.7 Å². The monoisotopic (exact) mass is 332 g/mol. The van der Waals surface area contributed by atoms with Gasteiger partial charge in [0.2, 0.25) is 0 Å². The van der Waals surface area contributed by atoms with Crippen LogP contribution in [0.4, 0.5) is 4.39 Å². The highest BCUT2D eigenvalue weighted by molar-refractivity contribution is 7.12. The summed E-state index contributed by atoms with van der Waals surface area (Å²) in [6.07, 6.45) is 1.73. The molecule has 0 aliphatic heterocycles. The largest absolute Gasteiger partial charge is 0.469 e. The van der Waals surface area contributed by atoms with Crippen molar-refractivity contribution in [2.24, 2.45) is 0 Å². The molecule has 0 amide bonds. The Bertz CT molecular complexity index is 878. The molecule has 0 aliphatic carbocycles. The van der Waals surface area contributed by atoms with E-state index < -0.39 is 5.97 Å². The number of carbonyl (C=O) groups is 2. The van der Waals surface area contributed by atoms with E-state index in [2.05, 4.69) is 4.74 Å². The molecule has 0 aliphatic rings. The minimum Gasteiger partial charge on any atom is -0.469 e. The number of esters is 1. The van der Waals surface area contributed by atoms with E-state index in [0.717, 1.165) is 16.5 Å². The van der Waals surface area contributed by atoms with Gasteiger partial charge in [0.1, 0.15) is 11.4 Å². The SMILES string of the molecule is COC(=O)CCC(=O)c1cc(-c2coc3cc(F)ccc23)cs1. The molecular weight excluding hydrogens is 319 g/mol. The number of furan rings is 1. The van der Waals surface area contributed by atoms with Gasteiger partial charge in [0.15, 0.2) is 5.78 Å². The zero-order valence-corrected chi connectivity index (χ0v) is 13.1. The van der Waals surface area contributed by atoms with Crippen LogP contribution < -0.4 is 0 Å². The molecular formula is C17H13FO4S. The van der Waals surface area contributed by atoms with E-state index >= 15 is 0 Å². The Morgan fingerprint density at radius 3 is 2.87 bits per heavy atom. The van der Waals surface area contributed by atoms with Crippen molar-refractivity contribution in [1.82, 2.24) is 0 Å². The molecule has 0 atom stereocenters. The number of fused-ring (bicyclic) bond motifs is 1. The van der Waals surface area contributed by atoms with Gasteiger partial charge in [0.25, 0.3) is 0 Å². The molecule has 6 heteroatoms. The smallest absolute Gasteiger partial charge is 0.305 e. The molecule has 0 bridgehead atoms. The topological polar surface area (TPSA) is 56.5 Å². The van der Waals surface area contributed by atoms with Crippen molar-refractivity contribution < 1.29 is 23.1 Å². The lowest BCUT2D eigenvalue weighted by Crippen LogP contribution is -2.04. The first-order valence-corrected chi connectivity index (χ1v) is 7.82. The van der Waals surface area contributed by atoms with Crippen LogP contribution in [0.15, 0.2) is 40.3 Å². The predicted octanol–water partition coefficient (Wildman–Crippen LogP) is 4.44. The van der Waals surface area contributed by atoms with Crippen molar-refractivity contribution in [3.63, 3.8) is 0 Å². The highest BCUT2D eigenvalue weighted by atomic mass is 32.1. The van der Waals surface area contributed by atoms with Crippen LogP contribution in [-0.4, -0.2) is 18.9 Å². The third-order valence-corrected chi connectivity index (χ3v) is 4.48. The van der Waals surface area contributed by atoms with Crippen LogP contribution in [0.3, 0.4) is 0 Å². The number of ketones is 1. The second-order valence-electron chi connectivity index (χ2n) is 4.99. The summed E-state index contributed by atoms with van der Waals surface area (Å²) in [7, 11) is 1.29. The van der Waals surface area contributed by atoms with Gasteiger partial charge in [-0.15, -0.1) is 11.3 Å². The van der Waals surface area contributed by atoms with Gasteiger partial charge in [-0.3, -0.25) is 9.59 Å². The first kappa shape index (κ1) is 15.4. The zero-order chi connectivity index (χ0) is 16.4. The van der Waals surface area contributed by atoms with E-state index in [1.165, 1.54) is 30.6 Å². The number of Topliss-reactive ketones (excluding diaryl/α,β-unsaturated/α-hetero) is 1. The molecule has 0 fully saturated rings. The first-order valence-electron chi connectivity index (χ1n) is 6.94. The van der Waals surface area contributed by atoms with Gasteiger partial charge in [0, 0.05) is 23.4 Å². The van der Waals surface area contributed by atoms with E-state index in [1.54, 1.807) is 18.4 Å². The maximum Gasteiger partial charge on any atom is 0.305 e. The van der Waals surface area contributed by atoms with E-state index in [9.17, 15) is 14.0 Å². The number of hydrogen-bond donors (Lipinski definition) is 0. The van der Waals surface area contributed by atoms with Gasteiger partial charge in [-0.05, 0) is 29.1 Å². The second-order valence-corrected chi connectivity index (χ2v) is 5.90. The van der Waals surface area contributed by atoms with E-state index in [1.807, 2.05) is 5.38 Å². The Morgan fingerprint density at radius 2 is 2.09 bits per heavy atom. The van der Waals surface area contributed by atoms with Crippen molar-refractivity contribution in [1.29, 1.82) is 0 Å². The van der Waals surface area contributed by atoms with Gasteiger partial charge >= 0.3 is 5.97 Å². The average molecular weight is 332 g/mol. The summed E-state index contributed by atoms with van der Waals surface area (Å²) < 4.78 is 23.1. The van der Waals surface area contributed by atoms with Crippen molar-refractivity contribution in [2.45, 2.75) is 12.8 Å². The van der Waals surface area contributed by atoms with Crippen molar-refractivity contribution in [3.8, 4) is 11.1 Å². The zero-order valence-electron chi connectivity index (χ0n) is 12.3. The van der Waals surface area contributed by atoms with E-state index in [4.69, 9.17) is 4.42 Å². The predicted molar refractivity (Wildman–Crippen MR) is 85.1 cm³/mol. The Hall–Kier alpha value is -2.47. The van der Waals surface area contributed by atoms with Gasteiger partial charge in [-0.25, -0.2) is 4.39 Å². The molecule has 1 aromatic carbocycles. The van der Waals surface area contributed by atoms with Crippen LogP contribution in [0.2, 0.25) is 0 Å². The highest BCUT2D eigenvalue weighted by Crippen LogP contribution is 2.34. The number of methoxy groups -OCH3 is 1. The molecule has 2 heterocycles. The molecule has 2 aromatic heterocycles. The van der Waals surface area contributed by atoms with E-state index in [-0.39, 0.29) is 24.4 Å². The number of hydrogen-bond acceptors (Lipinski definition) is 5. The average Bonchev–Trinajstić information content (AvgIpc) is 3.18. The maximum absolute atomic E-state index is 13.2. The lowest BCUT2D eigenvalue weighted by molar-refractivity contribution is -0.140. The molecule has 0 unspecified atom stereocenters. The molecule has 0 spiro atoms. The molecule has 4 nitrogen and oxygen atoms in total. The van der Waals surface area contributed by atoms with Gasteiger partial charge < -0.3 is 9.15 Å². The number of carbonyl (C=O) groups excluding carboxylic acids is 2. The fraction of sp³-hybridized carbons (Fsp3) is 0.176. The normalized spacial score (nSPS) is 10.9. The summed E-state index contributed by atoms with van der Waals surface area (Å²) in [5, 5.41) is 2.64. The number of ether oxygens (including phenoxy) is 1. The lowest BCUT2D eigenvalue weighted by atomic mass is 10.1. The second kappa shape index (κ2) is 6.34. The number of halogens is 1. The lowest BCUT2D eigenvalue weighted by Gasteiger charge is -1.97. The molecule has 0 saturated carbocycles. The minimum atomic E-state index is -0.405. The van der Waals surface area contributed by atoms with Crippen LogP contribution in [0.5, 0.6) is 0 Å². The molecule has 3 rings (SSSR count). The standard InChI is InChI=1S/C17H13FO4S/c1-21-17(20)5-4-14(19)16-6-10(9-23-16)13-8-22-15-7-11(18)2-3-12(13)15/h2-3,6-9H,4-5H2,1H3. The molecule has 118 valence electrons. The molecule has 0 N–H and O–H groups in total. The third-order valence-electron chi connectivity index (χ3n) is 3.51. The number of thiophene rings is 1.